The molecule has 0 spiro atoms. The second-order valence-electron chi connectivity index (χ2n) is 4.38. The van der Waals surface area contributed by atoms with E-state index in [1.54, 1.807) is 0 Å². The smallest absolute Gasteiger partial charge is 0.164 e. The largest absolute Gasteiger partial charge is 0.379 e. The fourth-order valence-corrected chi connectivity index (χ4v) is 1.44. The van der Waals surface area contributed by atoms with E-state index < -0.39 is 0 Å². The predicted octanol–water partition coefficient (Wildman–Crippen LogP) is 2.75. The molecule has 0 aliphatic heterocycles. The molecule has 0 aliphatic carbocycles. The highest BCUT2D eigenvalue weighted by Crippen LogP contribution is 2.04. The van der Waals surface area contributed by atoms with Crippen LogP contribution in [0, 0.1) is 5.92 Å². The lowest BCUT2D eigenvalue weighted by atomic mass is 10.2. The maximum Gasteiger partial charge on any atom is 0.164 e. The molecular formula is C13H21NO2. The molecule has 0 amide bonds. The van der Waals surface area contributed by atoms with Crippen LogP contribution in [0.1, 0.15) is 37.6 Å². The van der Waals surface area contributed by atoms with Crippen molar-refractivity contribution in [1.29, 1.82) is 0 Å². The van der Waals surface area contributed by atoms with Crippen LogP contribution in [0.5, 0.6) is 0 Å². The molecule has 1 rings (SSSR count). The SMILES string of the molecule is CCC(=O)c1ccn(CCOCC(C)C)c1. The monoisotopic (exact) mass is 223 g/mol. The van der Waals surface area contributed by atoms with E-state index in [0.29, 0.717) is 18.9 Å². The number of rotatable bonds is 7. The third-order valence-electron chi connectivity index (χ3n) is 2.34. The van der Waals surface area contributed by atoms with Gasteiger partial charge in [-0.3, -0.25) is 4.79 Å². The number of carbonyl (C=O) groups excluding carboxylic acids is 1. The second-order valence-corrected chi connectivity index (χ2v) is 4.38. The summed E-state index contributed by atoms with van der Waals surface area (Å²) in [5.74, 6) is 0.767. The van der Waals surface area contributed by atoms with Gasteiger partial charge >= 0.3 is 0 Å². The number of aromatic nitrogens is 1. The molecule has 0 bridgehead atoms. The van der Waals surface area contributed by atoms with Crippen LogP contribution in [-0.4, -0.2) is 23.6 Å². The normalized spacial score (nSPS) is 11.0. The lowest BCUT2D eigenvalue weighted by Crippen LogP contribution is -2.08. The zero-order chi connectivity index (χ0) is 12.0. The Labute approximate surface area is 97.4 Å². The van der Waals surface area contributed by atoms with Crippen molar-refractivity contribution in [2.45, 2.75) is 33.7 Å². The van der Waals surface area contributed by atoms with Crippen LogP contribution in [0.25, 0.3) is 0 Å². The number of ether oxygens (including phenoxy) is 1. The van der Waals surface area contributed by atoms with E-state index >= 15 is 0 Å². The lowest BCUT2D eigenvalue weighted by molar-refractivity contribution is 0.0985. The predicted molar refractivity (Wildman–Crippen MR) is 64.7 cm³/mol. The molecule has 16 heavy (non-hydrogen) atoms. The first-order valence-corrected chi connectivity index (χ1v) is 5.90. The van der Waals surface area contributed by atoms with Gasteiger partial charge in [-0.2, -0.15) is 0 Å². The molecule has 0 N–H and O–H groups in total. The first kappa shape index (κ1) is 13.0. The highest BCUT2D eigenvalue weighted by Gasteiger charge is 2.04. The molecule has 0 fully saturated rings. The molecule has 0 saturated carbocycles. The van der Waals surface area contributed by atoms with E-state index in [0.717, 1.165) is 18.7 Å². The van der Waals surface area contributed by atoms with Gasteiger partial charge in [0, 0.05) is 37.5 Å². The number of ketones is 1. The summed E-state index contributed by atoms with van der Waals surface area (Å²) >= 11 is 0. The standard InChI is InChI=1S/C13H21NO2/c1-4-13(15)12-5-6-14(9-12)7-8-16-10-11(2)3/h5-6,9,11H,4,7-8,10H2,1-3H3. The van der Waals surface area contributed by atoms with E-state index in [-0.39, 0.29) is 5.78 Å². The van der Waals surface area contributed by atoms with Gasteiger partial charge in [-0.1, -0.05) is 20.8 Å². The van der Waals surface area contributed by atoms with Crippen molar-refractivity contribution >= 4 is 5.78 Å². The maximum absolute atomic E-state index is 11.4. The summed E-state index contributed by atoms with van der Waals surface area (Å²) in [7, 11) is 0. The molecule has 0 aliphatic rings. The minimum atomic E-state index is 0.196. The number of hydrogen-bond acceptors (Lipinski definition) is 2. The van der Waals surface area contributed by atoms with Gasteiger partial charge in [0.1, 0.15) is 0 Å². The van der Waals surface area contributed by atoms with E-state index in [2.05, 4.69) is 13.8 Å². The Morgan fingerprint density at radius 1 is 1.50 bits per heavy atom. The molecule has 3 nitrogen and oxygen atoms in total. The molecule has 0 radical (unpaired) electrons. The second kappa shape index (κ2) is 6.48. The van der Waals surface area contributed by atoms with Gasteiger partial charge in [-0.05, 0) is 12.0 Å². The molecule has 0 unspecified atom stereocenters. The van der Waals surface area contributed by atoms with Crippen LogP contribution in [-0.2, 0) is 11.3 Å². The van der Waals surface area contributed by atoms with Crippen molar-refractivity contribution < 1.29 is 9.53 Å². The molecule has 1 heterocycles. The number of Topliss-reactive ketones (excluding diaryl/α,β-unsaturated/α-hetero) is 1. The molecular weight excluding hydrogens is 202 g/mol. The Hall–Kier alpha value is -1.09. The number of hydrogen-bond donors (Lipinski definition) is 0. The van der Waals surface area contributed by atoms with Crippen LogP contribution < -0.4 is 0 Å². The third kappa shape index (κ3) is 4.19. The van der Waals surface area contributed by atoms with E-state index in [1.165, 1.54) is 0 Å². The highest BCUT2D eigenvalue weighted by molar-refractivity contribution is 5.95. The lowest BCUT2D eigenvalue weighted by Gasteiger charge is -2.07. The minimum Gasteiger partial charge on any atom is -0.379 e. The molecule has 3 heteroatoms. The quantitative estimate of drug-likeness (QED) is 0.525. The van der Waals surface area contributed by atoms with Crippen molar-refractivity contribution in [2.24, 2.45) is 5.92 Å². The van der Waals surface area contributed by atoms with Crippen molar-refractivity contribution in [3.63, 3.8) is 0 Å². The Balaban J connectivity index is 2.32. The van der Waals surface area contributed by atoms with Gasteiger partial charge in [0.15, 0.2) is 5.78 Å². The first-order valence-electron chi connectivity index (χ1n) is 5.90. The molecule has 0 atom stereocenters. The van der Waals surface area contributed by atoms with E-state index in [1.807, 2.05) is 30.0 Å². The van der Waals surface area contributed by atoms with Crippen molar-refractivity contribution in [3.05, 3.63) is 24.0 Å². The summed E-state index contributed by atoms with van der Waals surface area (Å²) in [6.45, 7) is 8.45. The van der Waals surface area contributed by atoms with Gasteiger partial charge < -0.3 is 9.30 Å². The van der Waals surface area contributed by atoms with Gasteiger partial charge in [-0.25, -0.2) is 0 Å². The number of carbonyl (C=O) groups is 1. The van der Waals surface area contributed by atoms with Crippen LogP contribution in [0.15, 0.2) is 18.5 Å². The van der Waals surface area contributed by atoms with Crippen LogP contribution in [0.4, 0.5) is 0 Å². The van der Waals surface area contributed by atoms with Crippen LogP contribution in [0.3, 0.4) is 0 Å². The minimum absolute atomic E-state index is 0.196. The van der Waals surface area contributed by atoms with Crippen LogP contribution in [0.2, 0.25) is 0 Å². The van der Waals surface area contributed by atoms with Gasteiger partial charge in [0.05, 0.1) is 6.61 Å². The Morgan fingerprint density at radius 2 is 2.25 bits per heavy atom. The zero-order valence-corrected chi connectivity index (χ0v) is 10.4. The molecule has 0 aromatic carbocycles. The first-order chi connectivity index (χ1) is 7.63. The van der Waals surface area contributed by atoms with Gasteiger partial charge in [0.25, 0.3) is 0 Å². The Kier molecular flexibility index (Phi) is 5.26. The molecule has 0 saturated heterocycles. The van der Waals surface area contributed by atoms with Crippen LogP contribution >= 0.6 is 0 Å². The van der Waals surface area contributed by atoms with Gasteiger partial charge in [-0.15, -0.1) is 0 Å². The summed E-state index contributed by atoms with van der Waals surface area (Å²) in [5.41, 5.74) is 0.798. The Bertz CT molecular complexity index is 328. The number of nitrogens with zero attached hydrogens (tertiary/aromatic N) is 1. The average molecular weight is 223 g/mol. The van der Waals surface area contributed by atoms with Crippen molar-refractivity contribution in [1.82, 2.24) is 4.57 Å². The molecule has 1 aromatic rings. The fourth-order valence-electron chi connectivity index (χ4n) is 1.44. The highest BCUT2D eigenvalue weighted by atomic mass is 16.5. The van der Waals surface area contributed by atoms with E-state index in [4.69, 9.17) is 4.74 Å². The maximum atomic E-state index is 11.4. The summed E-state index contributed by atoms with van der Waals surface area (Å²) < 4.78 is 7.49. The van der Waals surface area contributed by atoms with Crippen molar-refractivity contribution in [2.75, 3.05) is 13.2 Å². The van der Waals surface area contributed by atoms with E-state index in [9.17, 15) is 4.79 Å². The van der Waals surface area contributed by atoms with Crippen molar-refractivity contribution in [3.8, 4) is 0 Å². The summed E-state index contributed by atoms with van der Waals surface area (Å²) in [6, 6.07) is 1.87. The molecule has 1 aromatic heterocycles. The topological polar surface area (TPSA) is 31.2 Å². The summed E-state index contributed by atoms with van der Waals surface area (Å²) in [5, 5.41) is 0. The summed E-state index contributed by atoms with van der Waals surface area (Å²) in [6.07, 6.45) is 4.39. The fraction of sp³-hybridized carbons (Fsp3) is 0.615. The molecule has 90 valence electrons. The Morgan fingerprint density at radius 3 is 2.88 bits per heavy atom. The average Bonchev–Trinajstić information content (AvgIpc) is 2.71. The third-order valence-corrected chi connectivity index (χ3v) is 2.34. The summed E-state index contributed by atoms with van der Waals surface area (Å²) in [4.78, 5) is 11.4. The van der Waals surface area contributed by atoms with Gasteiger partial charge in [0.2, 0.25) is 0 Å². The zero-order valence-electron chi connectivity index (χ0n) is 10.4.